The van der Waals surface area contributed by atoms with Gasteiger partial charge in [0.15, 0.2) is 17.3 Å². The molecule has 16 heavy (non-hydrogen) atoms. The summed E-state index contributed by atoms with van der Waals surface area (Å²) in [4.78, 5) is 12.1. The monoisotopic (exact) mass is 220 g/mol. The molecule has 0 spiro atoms. The molecule has 3 nitrogen and oxygen atoms in total. The average molecular weight is 220 g/mol. The van der Waals surface area contributed by atoms with Crippen LogP contribution in [0, 0.1) is 5.92 Å². The normalized spacial score (nSPS) is 15.6. The molecule has 0 aromatic heterocycles. The minimum atomic E-state index is 0.0250. The van der Waals surface area contributed by atoms with E-state index in [-0.39, 0.29) is 11.7 Å². The average Bonchev–Trinajstić information content (AvgIpc) is 2.36. The number of benzene rings is 1. The molecule has 1 aromatic carbocycles. The van der Waals surface area contributed by atoms with E-state index >= 15 is 0 Å². The molecule has 1 aliphatic rings. The third-order valence-corrected chi connectivity index (χ3v) is 2.89. The number of carbonyl (C=O) groups excluding carboxylic acids is 1. The molecule has 0 N–H and O–H groups in total. The summed E-state index contributed by atoms with van der Waals surface area (Å²) in [5, 5.41) is 0. The van der Waals surface area contributed by atoms with Crippen LogP contribution in [-0.4, -0.2) is 19.0 Å². The van der Waals surface area contributed by atoms with Crippen LogP contribution in [0.15, 0.2) is 18.2 Å². The van der Waals surface area contributed by atoms with E-state index in [0.29, 0.717) is 30.3 Å². The quantitative estimate of drug-likeness (QED) is 0.735. The second-order valence-corrected chi connectivity index (χ2v) is 4.00. The fraction of sp³-hybridized carbons (Fsp3) is 0.462. The van der Waals surface area contributed by atoms with Gasteiger partial charge in [0, 0.05) is 5.92 Å². The molecule has 1 aromatic rings. The van der Waals surface area contributed by atoms with E-state index in [1.807, 2.05) is 32.0 Å². The van der Waals surface area contributed by atoms with Crippen molar-refractivity contribution in [1.29, 1.82) is 0 Å². The fourth-order valence-corrected chi connectivity index (χ4v) is 1.72. The van der Waals surface area contributed by atoms with Gasteiger partial charge in [0.1, 0.15) is 13.2 Å². The van der Waals surface area contributed by atoms with Crippen LogP contribution in [-0.2, 0) is 0 Å². The van der Waals surface area contributed by atoms with Gasteiger partial charge in [-0.1, -0.05) is 19.9 Å². The SMILES string of the molecule is CCC(C)C(=O)c1cccc2c1OCCO2. The molecule has 1 atom stereocenters. The summed E-state index contributed by atoms with van der Waals surface area (Å²) >= 11 is 0. The Bertz CT molecular complexity index is 398. The summed E-state index contributed by atoms with van der Waals surface area (Å²) in [5.41, 5.74) is 0.645. The third-order valence-electron chi connectivity index (χ3n) is 2.89. The zero-order chi connectivity index (χ0) is 11.5. The number of Topliss-reactive ketones (excluding diaryl/α,β-unsaturated/α-hetero) is 1. The number of para-hydroxylation sites is 1. The number of hydrogen-bond donors (Lipinski definition) is 0. The van der Waals surface area contributed by atoms with E-state index in [1.165, 1.54) is 0 Å². The highest BCUT2D eigenvalue weighted by atomic mass is 16.6. The second-order valence-electron chi connectivity index (χ2n) is 4.00. The number of ether oxygens (including phenoxy) is 2. The Morgan fingerprint density at radius 1 is 1.38 bits per heavy atom. The van der Waals surface area contributed by atoms with Crippen LogP contribution in [0.2, 0.25) is 0 Å². The van der Waals surface area contributed by atoms with Crippen LogP contribution in [0.25, 0.3) is 0 Å². The van der Waals surface area contributed by atoms with Gasteiger partial charge in [-0.2, -0.15) is 0 Å². The van der Waals surface area contributed by atoms with Crippen LogP contribution in [0.4, 0.5) is 0 Å². The van der Waals surface area contributed by atoms with Gasteiger partial charge in [0.25, 0.3) is 0 Å². The minimum Gasteiger partial charge on any atom is -0.486 e. The van der Waals surface area contributed by atoms with Crippen molar-refractivity contribution in [3.05, 3.63) is 23.8 Å². The Morgan fingerprint density at radius 3 is 2.88 bits per heavy atom. The van der Waals surface area contributed by atoms with Gasteiger partial charge in [-0.05, 0) is 18.6 Å². The summed E-state index contributed by atoms with van der Waals surface area (Å²) in [6.07, 6.45) is 0.837. The molecule has 86 valence electrons. The predicted octanol–water partition coefficient (Wildman–Crippen LogP) is 2.69. The molecule has 2 rings (SSSR count). The van der Waals surface area contributed by atoms with Gasteiger partial charge in [-0.15, -0.1) is 0 Å². The summed E-state index contributed by atoms with van der Waals surface area (Å²) in [7, 11) is 0. The van der Waals surface area contributed by atoms with E-state index in [2.05, 4.69) is 0 Å². The lowest BCUT2D eigenvalue weighted by atomic mass is 9.96. The molecule has 1 heterocycles. The molecule has 0 radical (unpaired) electrons. The standard InChI is InChI=1S/C13H16O3/c1-3-9(2)12(14)10-5-4-6-11-13(10)16-8-7-15-11/h4-6,9H,3,7-8H2,1-2H3. The minimum absolute atomic E-state index is 0.0250. The molecule has 0 fully saturated rings. The lowest BCUT2D eigenvalue weighted by Gasteiger charge is -2.21. The van der Waals surface area contributed by atoms with Crippen molar-refractivity contribution in [3.63, 3.8) is 0 Å². The second kappa shape index (κ2) is 4.56. The Morgan fingerprint density at radius 2 is 2.12 bits per heavy atom. The molecule has 3 heteroatoms. The third kappa shape index (κ3) is 1.90. The topological polar surface area (TPSA) is 35.5 Å². The maximum absolute atomic E-state index is 12.1. The van der Waals surface area contributed by atoms with Gasteiger partial charge in [0.2, 0.25) is 0 Å². The van der Waals surface area contributed by atoms with Crippen LogP contribution < -0.4 is 9.47 Å². The van der Waals surface area contributed by atoms with Crippen molar-refractivity contribution >= 4 is 5.78 Å². The van der Waals surface area contributed by atoms with Gasteiger partial charge in [-0.3, -0.25) is 4.79 Å². The van der Waals surface area contributed by atoms with Gasteiger partial charge >= 0.3 is 0 Å². The molecule has 0 bridgehead atoms. The van der Waals surface area contributed by atoms with Gasteiger partial charge in [-0.25, -0.2) is 0 Å². The first-order chi connectivity index (χ1) is 7.74. The largest absolute Gasteiger partial charge is 0.486 e. The lowest BCUT2D eigenvalue weighted by molar-refractivity contribution is 0.0916. The Labute approximate surface area is 95.4 Å². The molecule has 0 saturated carbocycles. The first-order valence-corrected chi connectivity index (χ1v) is 5.67. The number of hydrogen-bond acceptors (Lipinski definition) is 3. The van der Waals surface area contributed by atoms with E-state index < -0.39 is 0 Å². The molecule has 1 aliphatic heterocycles. The molecular formula is C13H16O3. The summed E-state index contributed by atoms with van der Waals surface area (Å²) in [6, 6.07) is 5.48. The highest BCUT2D eigenvalue weighted by Gasteiger charge is 2.22. The van der Waals surface area contributed by atoms with Crippen LogP contribution >= 0.6 is 0 Å². The highest BCUT2D eigenvalue weighted by molar-refractivity contribution is 6.00. The summed E-state index contributed by atoms with van der Waals surface area (Å²) in [5.74, 6) is 1.45. The van der Waals surface area contributed by atoms with Gasteiger partial charge < -0.3 is 9.47 Å². The number of carbonyl (C=O) groups is 1. The van der Waals surface area contributed by atoms with Crippen molar-refractivity contribution < 1.29 is 14.3 Å². The Balaban J connectivity index is 2.37. The van der Waals surface area contributed by atoms with Crippen molar-refractivity contribution in [1.82, 2.24) is 0 Å². The fourth-order valence-electron chi connectivity index (χ4n) is 1.72. The molecule has 1 unspecified atom stereocenters. The molecular weight excluding hydrogens is 204 g/mol. The zero-order valence-electron chi connectivity index (χ0n) is 9.66. The van der Waals surface area contributed by atoms with Crippen LogP contribution in [0.1, 0.15) is 30.6 Å². The van der Waals surface area contributed by atoms with E-state index in [4.69, 9.17) is 9.47 Å². The number of ketones is 1. The summed E-state index contributed by atoms with van der Waals surface area (Å²) in [6.45, 7) is 5.01. The first-order valence-electron chi connectivity index (χ1n) is 5.67. The molecule has 0 saturated heterocycles. The van der Waals surface area contributed by atoms with E-state index in [9.17, 15) is 4.79 Å². The molecule has 0 amide bonds. The Kier molecular flexibility index (Phi) is 3.13. The van der Waals surface area contributed by atoms with Crippen LogP contribution in [0.5, 0.6) is 11.5 Å². The van der Waals surface area contributed by atoms with Crippen LogP contribution in [0.3, 0.4) is 0 Å². The molecule has 0 aliphatic carbocycles. The van der Waals surface area contributed by atoms with Crippen molar-refractivity contribution in [2.24, 2.45) is 5.92 Å². The van der Waals surface area contributed by atoms with Gasteiger partial charge in [0.05, 0.1) is 5.56 Å². The van der Waals surface area contributed by atoms with Crippen molar-refractivity contribution in [2.75, 3.05) is 13.2 Å². The van der Waals surface area contributed by atoms with Crippen molar-refractivity contribution in [2.45, 2.75) is 20.3 Å². The van der Waals surface area contributed by atoms with E-state index in [1.54, 1.807) is 0 Å². The smallest absolute Gasteiger partial charge is 0.172 e. The van der Waals surface area contributed by atoms with E-state index in [0.717, 1.165) is 6.42 Å². The predicted molar refractivity (Wildman–Crippen MR) is 61.2 cm³/mol. The maximum atomic E-state index is 12.1. The van der Waals surface area contributed by atoms with Crippen molar-refractivity contribution in [3.8, 4) is 11.5 Å². The highest BCUT2D eigenvalue weighted by Crippen LogP contribution is 2.35. The number of fused-ring (bicyclic) bond motifs is 1. The first kappa shape index (κ1) is 11.0. The number of rotatable bonds is 3. The zero-order valence-corrected chi connectivity index (χ0v) is 9.66. The Hall–Kier alpha value is -1.51. The summed E-state index contributed by atoms with van der Waals surface area (Å²) < 4.78 is 11.0. The maximum Gasteiger partial charge on any atom is 0.172 e. The lowest BCUT2D eigenvalue weighted by Crippen LogP contribution is -2.19.